The Bertz CT molecular complexity index is 295. The predicted molar refractivity (Wildman–Crippen MR) is 70.7 cm³/mol. The number of halogens is 2. The first kappa shape index (κ1) is 14.3. The maximum absolute atomic E-state index is 2.44. The second kappa shape index (κ2) is 6.01. The summed E-state index contributed by atoms with van der Waals surface area (Å²) in [6.07, 6.45) is 0. The number of aryl methyl sites for hydroxylation is 1. The third-order valence-electron chi connectivity index (χ3n) is 1.93. The van der Waals surface area contributed by atoms with Crippen molar-refractivity contribution in [3.8, 4) is 0 Å². The average Bonchev–Trinajstić information content (AvgIpc) is 2.00. The van der Waals surface area contributed by atoms with Crippen LogP contribution in [0.3, 0.4) is 0 Å². The molecule has 0 N–H and O–H groups in total. The second-order valence-electron chi connectivity index (χ2n) is 3.25. The quantitative estimate of drug-likeness (QED) is 0.409. The Morgan fingerprint density at radius 3 is 2.08 bits per heavy atom. The zero-order valence-electron chi connectivity index (χ0n) is 7.84. The molecule has 1 rings (SSSR count). The van der Waals surface area contributed by atoms with Crippen LogP contribution in [0.2, 0.25) is 0 Å². The normalized spacial score (nSPS) is 10.0. The molecule has 1 aromatic carbocycles. The van der Waals surface area contributed by atoms with E-state index in [-0.39, 0.29) is 19.5 Å². The number of rotatable bonds is 1. The molecule has 13 heavy (non-hydrogen) atoms. The molecule has 0 aliphatic rings. The minimum absolute atomic E-state index is 0. The van der Waals surface area contributed by atoms with E-state index in [0.717, 1.165) is 0 Å². The van der Waals surface area contributed by atoms with E-state index in [0.29, 0.717) is 5.92 Å². The van der Waals surface area contributed by atoms with E-state index in [1.54, 1.807) is 0 Å². The summed E-state index contributed by atoms with van der Waals surface area (Å²) in [5, 5.41) is 0. The molecule has 0 aliphatic heterocycles. The van der Waals surface area contributed by atoms with E-state index in [1.807, 2.05) is 0 Å². The molecule has 1 aromatic rings. The summed E-state index contributed by atoms with van der Waals surface area (Å²) in [7, 11) is 0. The van der Waals surface area contributed by atoms with Gasteiger partial charge in [-0.25, -0.2) is 0 Å². The second-order valence-corrected chi connectivity index (χ2v) is 5.41. The fourth-order valence-electron chi connectivity index (χ4n) is 1.11. The molecule has 0 nitrogen and oxygen atoms in total. The van der Waals surface area contributed by atoms with Crippen LogP contribution in [0.1, 0.15) is 30.9 Å². The van der Waals surface area contributed by atoms with Crippen molar-refractivity contribution < 1.29 is 19.5 Å². The molecule has 0 radical (unpaired) electrons. The maximum atomic E-state index is 2.44. The topological polar surface area (TPSA) is 0 Å². The molecule has 0 heterocycles. The molecule has 0 fully saturated rings. The molecule has 72 valence electrons. The summed E-state index contributed by atoms with van der Waals surface area (Å²) in [6, 6.07) is 4.45. The van der Waals surface area contributed by atoms with Crippen LogP contribution in [0.5, 0.6) is 0 Å². The van der Waals surface area contributed by atoms with Crippen LogP contribution in [-0.2, 0) is 19.5 Å². The zero-order chi connectivity index (χ0) is 9.30. The van der Waals surface area contributed by atoms with E-state index in [9.17, 15) is 0 Å². The summed E-state index contributed by atoms with van der Waals surface area (Å²) in [4.78, 5) is 0. The molecule has 0 aromatic heterocycles. The van der Waals surface area contributed by atoms with Gasteiger partial charge >= 0.3 is 19.5 Å². The van der Waals surface area contributed by atoms with Crippen molar-refractivity contribution in [1.29, 1.82) is 0 Å². The molecular formula is C10H12I2Ru+2. The van der Waals surface area contributed by atoms with Gasteiger partial charge in [0, 0.05) is 7.14 Å². The van der Waals surface area contributed by atoms with Gasteiger partial charge in [-0.1, -0.05) is 26.0 Å². The van der Waals surface area contributed by atoms with Gasteiger partial charge in [0.25, 0.3) is 0 Å². The Kier molecular flexibility index (Phi) is 6.61. The van der Waals surface area contributed by atoms with Crippen LogP contribution >= 0.6 is 45.2 Å². The fourth-order valence-corrected chi connectivity index (χ4v) is 2.83. The Morgan fingerprint density at radius 1 is 1.08 bits per heavy atom. The molecule has 0 aliphatic carbocycles. The Hall–Kier alpha value is 1.30. The smallest absolute Gasteiger partial charge is 0.0586 e. The fraction of sp³-hybridized carbons (Fsp3) is 0.400. The first-order chi connectivity index (χ1) is 5.54. The molecule has 0 unspecified atom stereocenters. The third kappa shape index (κ3) is 3.42. The van der Waals surface area contributed by atoms with Crippen molar-refractivity contribution in [2.45, 2.75) is 26.7 Å². The molecule has 3 heteroatoms. The Labute approximate surface area is 120 Å². The van der Waals surface area contributed by atoms with Crippen LogP contribution in [0, 0.1) is 14.1 Å². The zero-order valence-corrected chi connectivity index (χ0v) is 13.9. The number of hydrogen-bond donors (Lipinski definition) is 0. The predicted octanol–water partition coefficient (Wildman–Crippen LogP) is 4.33. The molecule has 0 saturated carbocycles. The van der Waals surface area contributed by atoms with Gasteiger partial charge < -0.3 is 0 Å². The minimum Gasteiger partial charge on any atom is -0.0586 e. The standard InChI is InChI=1S/C10H12I2.Ru/c1-6(2)8-5-4-7(3)9(11)10(8)12;/h4-6H,1-3H3;/q;+2. The molecular weight excluding hydrogens is 475 g/mol. The van der Waals surface area contributed by atoms with Crippen LogP contribution in [0.15, 0.2) is 12.1 Å². The summed E-state index contributed by atoms with van der Waals surface area (Å²) in [5.74, 6) is 0.631. The minimum atomic E-state index is 0. The maximum Gasteiger partial charge on any atom is 2.00 e. The van der Waals surface area contributed by atoms with Crippen LogP contribution in [-0.4, -0.2) is 0 Å². The summed E-state index contributed by atoms with van der Waals surface area (Å²) >= 11 is 4.86. The van der Waals surface area contributed by atoms with Crippen LogP contribution in [0.4, 0.5) is 0 Å². The van der Waals surface area contributed by atoms with E-state index < -0.39 is 0 Å². The van der Waals surface area contributed by atoms with Gasteiger partial charge in [0.05, 0.1) is 0 Å². The van der Waals surface area contributed by atoms with Gasteiger partial charge in [-0.2, -0.15) is 0 Å². The van der Waals surface area contributed by atoms with Crippen molar-refractivity contribution in [3.05, 3.63) is 30.4 Å². The molecule has 0 bridgehead atoms. The van der Waals surface area contributed by atoms with E-state index in [2.05, 4.69) is 78.1 Å². The monoisotopic (exact) mass is 488 g/mol. The first-order valence-electron chi connectivity index (χ1n) is 3.98. The molecule has 0 saturated heterocycles. The van der Waals surface area contributed by atoms with Crippen LogP contribution < -0.4 is 0 Å². The van der Waals surface area contributed by atoms with Gasteiger partial charge in [-0.15, -0.1) is 0 Å². The van der Waals surface area contributed by atoms with Gasteiger partial charge in [0.2, 0.25) is 0 Å². The van der Waals surface area contributed by atoms with Crippen molar-refractivity contribution in [3.63, 3.8) is 0 Å². The molecule has 0 atom stereocenters. The van der Waals surface area contributed by atoms with Gasteiger partial charge in [-0.3, -0.25) is 0 Å². The van der Waals surface area contributed by atoms with Gasteiger partial charge in [0.15, 0.2) is 0 Å². The van der Waals surface area contributed by atoms with E-state index >= 15 is 0 Å². The molecule has 0 spiro atoms. The van der Waals surface area contributed by atoms with Gasteiger partial charge in [-0.05, 0) is 69.2 Å². The largest absolute Gasteiger partial charge is 2.00 e. The summed E-state index contributed by atoms with van der Waals surface area (Å²) in [5.41, 5.74) is 2.84. The van der Waals surface area contributed by atoms with Crippen LogP contribution in [0.25, 0.3) is 0 Å². The first-order valence-corrected chi connectivity index (χ1v) is 6.14. The van der Waals surface area contributed by atoms with Crippen molar-refractivity contribution >= 4 is 45.2 Å². The Morgan fingerprint density at radius 2 is 1.62 bits per heavy atom. The van der Waals surface area contributed by atoms with E-state index in [1.165, 1.54) is 18.3 Å². The summed E-state index contributed by atoms with van der Waals surface area (Å²) in [6.45, 7) is 6.64. The molecule has 0 amide bonds. The van der Waals surface area contributed by atoms with Crippen molar-refractivity contribution in [1.82, 2.24) is 0 Å². The third-order valence-corrected chi connectivity index (χ3v) is 5.51. The average molecular weight is 487 g/mol. The van der Waals surface area contributed by atoms with Crippen molar-refractivity contribution in [2.75, 3.05) is 0 Å². The van der Waals surface area contributed by atoms with Gasteiger partial charge in [0.1, 0.15) is 0 Å². The Balaban J connectivity index is 0.00000144. The van der Waals surface area contributed by atoms with E-state index in [4.69, 9.17) is 0 Å². The number of hydrogen-bond acceptors (Lipinski definition) is 0. The van der Waals surface area contributed by atoms with Crippen molar-refractivity contribution in [2.24, 2.45) is 0 Å². The summed E-state index contributed by atoms with van der Waals surface area (Å²) < 4.78 is 2.82. The SMILES string of the molecule is Cc1ccc(C(C)C)c(I)c1I.[Ru+2]. The number of benzene rings is 1.